The minimum absolute atomic E-state index is 0.0280. The molecule has 4 heteroatoms. The van der Waals surface area contributed by atoms with E-state index in [1.54, 1.807) is 0 Å². The highest BCUT2D eigenvalue weighted by atomic mass is 16.2. The molecule has 2 saturated heterocycles. The van der Waals surface area contributed by atoms with E-state index in [1.807, 2.05) is 11.8 Å². The van der Waals surface area contributed by atoms with E-state index in [-0.39, 0.29) is 17.9 Å². The Labute approximate surface area is 96.4 Å². The Hall–Kier alpha value is -1.06. The van der Waals surface area contributed by atoms with Crippen molar-refractivity contribution in [3.8, 4) is 0 Å². The van der Waals surface area contributed by atoms with E-state index in [9.17, 15) is 9.59 Å². The third-order valence-electron chi connectivity index (χ3n) is 3.62. The van der Waals surface area contributed by atoms with Gasteiger partial charge in [-0.1, -0.05) is 6.42 Å². The molecule has 2 atom stereocenters. The van der Waals surface area contributed by atoms with E-state index < -0.39 is 0 Å². The molecule has 2 amide bonds. The molecular weight excluding hydrogens is 204 g/mol. The zero-order chi connectivity index (χ0) is 11.5. The standard InChI is InChI=1S/C12H20N2O2/c1-2-13-12(16)10-8-7-9-5-3-4-6-11(15)14(9)10/h9-10H,2-8H2,1H3,(H,13,16)/t9-,10-/m0/s1. The lowest BCUT2D eigenvalue weighted by Gasteiger charge is -2.27. The molecule has 0 radical (unpaired) electrons. The van der Waals surface area contributed by atoms with E-state index in [2.05, 4.69) is 5.32 Å². The molecular formula is C12H20N2O2. The van der Waals surface area contributed by atoms with Crippen LogP contribution in [0.15, 0.2) is 0 Å². The highest BCUT2D eigenvalue weighted by Gasteiger charge is 2.40. The molecule has 0 spiro atoms. The Morgan fingerprint density at radius 1 is 1.38 bits per heavy atom. The van der Waals surface area contributed by atoms with Gasteiger partial charge in [-0.15, -0.1) is 0 Å². The largest absolute Gasteiger partial charge is 0.355 e. The van der Waals surface area contributed by atoms with Crippen LogP contribution in [-0.2, 0) is 9.59 Å². The molecule has 2 heterocycles. The summed E-state index contributed by atoms with van der Waals surface area (Å²) in [5.74, 6) is 0.205. The molecule has 4 nitrogen and oxygen atoms in total. The van der Waals surface area contributed by atoms with Crippen LogP contribution in [0.5, 0.6) is 0 Å². The number of nitrogens with one attached hydrogen (secondary N) is 1. The average molecular weight is 224 g/mol. The van der Waals surface area contributed by atoms with Crippen LogP contribution >= 0.6 is 0 Å². The minimum atomic E-state index is -0.199. The van der Waals surface area contributed by atoms with Crippen LogP contribution in [0.4, 0.5) is 0 Å². The normalized spacial score (nSPS) is 29.8. The molecule has 0 aromatic heterocycles. The van der Waals surface area contributed by atoms with Crippen molar-refractivity contribution < 1.29 is 9.59 Å². The maximum atomic E-state index is 12.0. The molecule has 0 bridgehead atoms. The van der Waals surface area contributed by atoms with Gasteiger partial charge in [-0.3, -0.25) is 9.59 Å². The first-order valence-corrected chi connectivity index (χ1v) is 6.33. The Bertz CT molecular complexity index is 291. The summed E-state index contributed by atoms with van der Waals surface area (Å²) < 4.78 is 0. The molecule has 0 aliphatic carbocycles. The monoisotopic (exact) mass is 224 g/mol. The van der Waals surface area contributed by atoms with E-state index in [0.717, 1.165) is 32.1 Å². The van der Waals surface area contributed by atoms with Crippen molar-refractivity contribution in [3.05, 3.63) is 0 Å². The van der Waals surface area contributed by atoms with Gasteiger partial charge in [-0.05, 0) is 32.6 Å². The molecule has 0 aromatic rings. The number of hydrogen-bond acceptors (Lipinski definition) is 2. The predicted octanol–water partition coefficient (Wildman–Crippen LogP) is 1.06. The van der Waals surface area contributed by atoms with E-state index in [0.29, 0.717) is 19.0 Å². The molecule has 2 aliphatic rings. The van der Waals surface area contributed by atoms with Gasteiger partial charge in [0.2, 0.25) is 11.8 Å². The van der Waals surface area contributed by atoms with Crippen molar-refractivity contribution >= 4 is 11.8 Å². The predicted molar refractivity (Wildman–Crippen MR) is 60.8 cm³/mol. The van der Waals surface area contributed by atoms with Crippen LogP contribution in [-0.4, -0.2) is 35.3 Å². The number of rotatable bonds is 2. The second-order valence-electron chi connectivity index (χ2n) is 4.69. The minimum Gasteiger partial charge on any atom is -0.355 e. The molecule has 16 heavy (non-hydrogen) atoms. The highest BCUT2D eigenvalue weighted by molar-refractivity contribution is 5.88. The second kappa shape index (κ2) is 4.85. The van der Waals surface area contributed by atoms with E-state index in [1.165, 1.54) is 0 Å². The second-order valence-corrected chi connectivity index (χ2v) is 4.69. The number of amides is 2. The Morgan fingerprint density at radius 3 is 2.94 bits per heavy atom. The number of nitrogens with zero attached hydrogens (tertiary/aromatic N) is 1. The summed E-state index contributed by atoms with van der Waals surface area (Å²) in [6, 6.07) is 0.123. The highest BCUT2D eigenvalue weighted by Crippen LogP contribution is 2.31. The van der Waals surface area contributed by atoms with E-state index >= 15 is 0 Å². The maximum Gasteiger partial charge on any atom is 0.242 e. The summed E-state index contributed by atoms with van der Waals surface area (Å²) >= 11 is 0. The topological polar surface area (TPSA) is 49.4 Å². The third-order valence-corrected chi connectivity index (χ3v) is 3.62. The first kappa shape index (κ1) is 11.4. The summed E-state index contributed by atoms with van der Waals surface area (Å²) in [5.41, 5.74) is 0. The van der Waals surface area contributed by atoms with Gasteiger partial charge in [0.25, 0.3) is 0 Å². The van der Waals surface area contributed by atoms with Crippen molar-refractivity contribution in [2.75, 3.05) is 6.54 Å². The van der Waals surface area contributed by atoms with Gasteiger partial charge < -0.3 is 10.2 Å². The fourth-order valence-electron chi connectivity index (χ4n) is 2.88. The Morgan fingerprint density at radius 2 is 2.19 bits per heavy atom. The van der Waals surface area contributed by atoms with Gasteiger partial charge >= 0.3 is 0 Å². The van der Waals surface area contributed by atoms with Crippen molar-refractivity contribution in [2.45, 2.75) is 57.5 Å². The molecule has 2 aliphatic heterocycles. The number of fused-ring (bicyclic) bond motifs is 1. The molecule has 0 aromatic carbocycles. The van der Waals surface area contributed by atoms with Crippen molar-refractivity contribution in [1.29, 1.82) is 0 Å². The Kier molecular flexibility index (Phi) is 3.46. The van der Waals surface area contributed by atoms with Crippen LogP contribution in [0.25, 0.3) is 0 Å². The number of carbonyl (C=O) groups excluding carboxylic acids is 2. The number of carbonyl (C=O) groups is 2. The smallest absolute Gasteiger partial charge is 0.242 e. The molecule has 2 rings (SSSR count). The van der Waals surface area contributed by atoms with Gasteiger partial charge in [-0.25, -0.2) is 0 Å². The van der Waals surface area contributed by atoms with Crippen LogP contribution in [0, 0.1) is 0 Å². The first-order chi connectivity index (χ1) is 7.74. The SMILES string of the molecule is CCNC(=O)[C@@H]1CC[C@@H]2CCCCC(=O)N21. The fraction of sp³-hybridized carbons (Fsp3) is 0.833. The summed E-state index contributed by atoms with van der Waals surface area (Å²) in [7, 11) is 0. The van der Waals surface area contributed by atoms with Crippen LogP contribution in [0.1, 0.15) is 45.4 Å². The molecule has 0 unspecified atom stereocenters. The number of hydrogen-bond donors (Lipinski definition) is 1. The van der Waals surface area contributed by atoms with Crippen molar-refractivity contribution in [2.24, 2.45) is 0 Å². The Balaban J connectivity index is 2.10. The van der Waals surface area contributed by atoms with Gasteiger partial charge in [-0.2, -0.15) is 0 Å². The van der Waals surface area contributed by atoms with Crippen LogP contribution in [0.2, 0.25) is 0 Å². The summed E-state index contributed by atoms with van der Waals surface area (Å²) in [4.78, 5) is 25.7. The van der Waals surface area contributed by atoms with Crippen LogP contribution < -0.4 is 5.32 Å². The third kappa shape index (κ3) is 2.06. The lowest BCUT2D eigenvalue weighted by Crippen LogP contribution is -2.48. The van der Waals surface area contributed by atoms with Gasteiger partial charge in [0.05, 0.1) is 0 Å². The van der Waals surface area contributed by atoms with Gasteiger partial charge in [0.1, 0.15) is 6.04 Å². The number of likely N-dealkylation sites (N-methyl/N-ethyl adjacent to an activating group) is 1. The zero-order valence-electron chi connectivity index (χ0n) is 9.87. The van der Waals surface area contributed by atoms with Crippen molar-refractivity contribution in [3.63, 3.8) is 0 Å². The summed E-state index contributed by atoms with van der Waals surface area (Å²) in [5, 5.41) is 2.83. The van der Waals surface area contributed by atoms with E-state index in [4.69, 9.17) is 0 Å². The lowest BCUT2D eigenvalue weighted by molar-refractivity contribution is -0.139. The fourth-order valence-corrected chi connectivity index (χ4v) is 2.88. The van der Waals surface area contributed by atoms with Gasteiger partial charge in [0.15, 0.2) is 0 Å². The summed E-state index contributed by atoms with van der Waals surface area (Å²) in [6.45, 7) is 2.55. The zero-order valence-corrected chi connectivity index (χ0v) is 9.87. The molecule has 0 saturated carbocycles. The van der Waals surface area contributed by atoms with Crippen LogP contribution in [0.3, 0.4) is 0 Å². The molecule has 90 valence electrons. The maximum absolute atomic E-state index is 12.0. The quantitative estimate of drug-likeness (QED) is 0.762. The summed E-state index contributed by atoms with van der Waals surface area (Å²) in [6.07, 6.45) is 5.62. The van der Waals surface area contributed by atoms with Gasteiger partial charge in [0, 0.05) is 19.0 Å². The van der Waals surface area contributed by atoms with Crippen molar-refractivity contribution in [1.82, 2.24) is 10.2 Å². The lowest BCUT2D eigenvalue weighted by atomic mass is 10.1. The molecule has 2 fully saturated rings. The molecule has 1 N–H and O–H groups in total. The average Bonchev–Trinajstić information content (AvgIpc) is 2.60. The first-order valence-electron chi connectivity index (χ1n) is 6.33.